The van der Waals surface area contributed by atoms with Crippen LogP contribution in [-0.4, -0.2) is 19.2 Å². The first-order valence-electron chi connectivity index (χ1n) is 6.38. The molecule has 0 radical (unpaired) electrons. The van der Waals surface area contributed by atoms with Crippen LogP contribution in [0.15, 0.2) is 33.3 Å². The highest BCUT2D eigenvalue weighted by Gasteiger charge is 2.30. The third-order valence-corrected chi connectivity index (χ3v) is 6.00. The summed E-state index contributed by atoms with van der Waals surface area (Å²) in [6.45, 7) is 0.402. The second kappa shape index (κ2) is 5.36. The molecule has 2 N–H and O–H groups in total. The fraction of sp³-hybridized carbons (Fsp3) is 0.308. The largest absolute Gasteiger partial charge is 0.315 e. The lowest BCUT2D eigenvalue weighted by Crippen LogP contribution is -2.29. The van der Waals surface area contributed by atoms with Gasteiger partial charge in [0, 0.05) is 23.7 Å². The number of aromatic amines is 1. The van der Waals surface area contributed by atoms with Gasteiger partial charge in [0.05, 0.1) is 10.6 Å². The van der Waals surface area contributed by atoms with Crippen molar-refractivity contribution < 1.29 is 12.8 Å². The van der Waals surface area contributed by atoms with E-state index in [1.165, 1.54) is 12.1 Å². The Bertz CT molecular complexity index is 826. The highest BCUT2D eigenvalue weighted by molar-refractivity contribution is 7.91. The van der Waals surface area contributed by atoms with E-state index in [4.69, 9.17) is 0 Å². The van der Waals surface area contributed by atoms with Crippen LogP contribution in [0.25, 0.3) is 0 Å². The molecule has 0 saturated heterocycles. The maximum absolute atomic E-state index is 13.4. The zero-order valence-corrected chi connectivity index (χ0v) is 12.6. The van der Waals surface area contributed by atoms with Gasteiger partial charge in [-0.3, -0.25) is 4.79 Å². The summed E-state index contributed by atoms with van der Waals surface area (Å²) in [6.07, 6.45) is 0.382. The lowest BCUT2D eigenvalue weighted by Gasteiger charge is -2.26. The molecule has 1 aromatic heterocycles. The van der Waals surface area contributed by atoms with Crippen molar-refractivity contribution in [3.05, 3.63) is 50.3 Å². The molecule has 8 heteroatoms. The van der Waals surface area contributed by atoms with Gasteiger partial charge in [0.1, 0.15) is 5.82 Å². The molecule has 1 unspecified atom stereocenters. The van der Waals surface area contributed by atoms with Crippen LogP contribution >= 0.6 is 11.3 Å². The van der Waals surface area contributed by atoms with Crippen LogP contribution in [0.5, 0.6) is 0 Å². The summed E-state index contributed by atoms with van der Waals surface area (Å²) in [6, 6.07) is 3.50. The lowest BCUT2D eigenvalue weighted by molar-refractivity contribution is 0.484. The van der Waals surface area contributed by atoms with Gasteiger partial charge in [0.15, 0.2) is 9.84 Å². The quantitative estimate of drug-likeness (QED) is 0.839. The Hall–Kier alpha value is -1.51. The predicted octanol–water partition coefficient (Wildman–Crippen LogP) is 1.58. The molecule has 1 aliphatic heterocycles. The number of fused-ring (bicyclic) bond motifs is 1. The van der Waals surface area contributed by atoms with Crippen LogP contribution < -0.4 is 10.2 Å². The van der Waals surface area contributed by atoms with Gasteiger partial charge in [-0.2, -0.15) is 0 Å². The molecule has 2 heterocycles. The molecule has 0 bridgehead atoms. The zero-order valence-electron chi connectivity index (χ0n) is 10.9. The maximum Gasteiger partial charge on any atom is 0.304 e. The minimum Gasteiger partial charge on any atom is -0.315 e. The van der Waals surface area contributed by atoms with E-state index >= 15 is 0 Å². The van der Waals surface area contributed by atoms with E-state index in [1.54, 1.807) is 5.38 Å². The topological polar surface area (TPSA) is 79.0 Å². The molecule has 3 rings (SSSR count). The minimum atomic E-state index is -3.33. The van der Waals surface area contributed by atoms with Crippen LogP contribution in [0, 0.1) is 5.82 Å². The first-order valence-corrected chi connectivity index (χ1v) is 8.91. The summed E-state index contributed by atoms with van der Waals surface area (Å²) in [4.78, 5) is 13.8. The number of H-pyrrole nitrogens is 1. The first-order chi connectivity index (χ1) is 9.95. The number of benzene rings is 1. The molecule has 1 atom stereocenters. The van der Waals surface area contributed by atoms with Crippen molar-refractivity contribution >= 4 is 21.2 Å². The van der Waals surface area contributed by atoms with Crippen LogP contribution in [0.3, 0.4) is 0 Å². The van der Waals surface area contributed by atoms with Gasteiger partial charge < -0.3 is 10.3 Å². The van der Waals surface area contributed by atoms with Gasteiger partial charge in [-0.1, -0.05) is 11.3 Å². The molecule has 0 amide bonds. The predicted molar refractivity (Wildman–Crippen MR) is 77.6 cm³/mol. The van der Waals surface area contributed by atoms with E-state index < -0.39 is 15.7 Å². The molecule has 2 aromatic rings. The van der Waals surface area contributed by atoms with E-state index in [2.05, 4.69) is 10.3 Å². The van der Waals surface area contributed by atoms with Gasteiger partial charge in [-0.15, -0.1) is 0 Å². The van der Waals surface area contributed by atoms with Gasteiger partial charge in [-0.25, -0.2) is 12.8 Å². The summed E-state index contributed by atoms with van der Waals surface area (Å²) in [5, 5.41) is 4.89. The number of aromatic nitrogens is 1. The van der Waals surface area contributed by atoms with Crippen molar-refractivity contribution in [2.24, 2.45) is 0 Å². The van der Waals surface area contributed by atoms with E-state index in [0.717, 1.165) is 23.1 Å². The molecule has 0 aliphatic carbocycles. The van der Waals surface area contributed by atoms with Gasteiger partial charge in [-0.05, 0) is 30.2 Å². The number of hydrogen-bond donors (Lipinski definition) is 2. The second-order valence-corrected chi connectivity index (χ2v) is 7.82. The van der Waals surface area contributed by atoms with E-state index in [-0.39, 0.29) is 21.6 Å². The summed E-state index contributed by atoms with van der Waals surface area (Å²) < 4.78 is 37.4. The third-order valence-electron chi connectivity index (χ3n) is 3.47. The van der Waals surface area contributed by atoms with Crippen LogP contribution in [0.4, 0.5) is 4.39 Å². The highest BCUT2D eigenvalue weighted by Crippen LogP contribution is 2.32. The Kier molecular flexibility index (Phi) is 3.68. The lowest BCUT2D eigenvalue weighted by atomic mass is 10.0. The van der Waals surface area contributed by atoms with E-state index in [9.17, 15) is 17.6 Å². The first kappa shape index (κ1) is 14.4. The standard InChI is InChI=1S/C13H13FN2O3S2/c14-8-1-2-12-10(5-8)11(3-4-21(12,18)19)15-6-9-7-20-13(17)16-9/h1-2,5,7,11,15H,3-4,6H2,(H,16,17). The van der Waals surface area contributed by atoms with Crippen LogP contribution in [0.2, 0.25) is 0 Å². The molecule has 0 spiro atoms. The van der Waals surface area contributed by atoms with Crippen molar-refractivity contribution in [3.8, 4) is 0 Å². The number of nitrogens with one attached hydrogen (secondary N) is 2. The van der Waals surface area contributed by atoms with Crippen LogP contribution in [0.1, 0.15) is 23.7 Å². The summed E-state index contributed by atoms with van der Waals surface area (Å²) in [5.41, 5.74) is 1.19. The summed E-state index contributed by atoms with van der Waals surface area (Å²) in [7, 11) is -3.33. The van der Waals surface area contributed by atoms with Crippen molar-refractivity contribution in [2.75, 3.05) is 5.75 Å². The average Bonchev–Trinajstić information content (AvgIpc) is 2.83. The Morgan fingerprint density at radius 3 is 2.95 bits per heavy atom. The summed E-state index contributed by atoms with van der Waals surface area (Å²) in [5.74, 6) is -0.426. The average molecular weight is 328 g/mol. The van der Waals surface area contributed by atoms with E-state index in [1.807, 2.05) is 0 Å². The molecule has 0 fully saturated rings. The smallest absolute Gasteiger partial charge is 0.304 e. The normalized spacial score (nSPS) is 20.1. The second-order valence-electron chi connectivity index (χ2n) is 4.90. The number of thiazole rings is 1. The monoisotopic (exact) mass is 328 g/mol. The Morgan fingerprint density at radius 2 is 2.24 bits per heavy atom. The Balaban J connectivity index is 1.87. The molecule has 0 saturated carbocycles. The number of sulfone groups is 1. The number of rotatable bonds is 3. The van der Waals surface area contributed by atoms with Crippen molar-refractivity contribution in [3.63, 3.8) is 0 Å². The molecule has 5 nitrogen and oxygen atoms in total. The molecule has 112 valence electrons. The van der Waals surface area contributed by atoms with Crippen LogP contribution in [-0.2, 0) is 16.4 Å². The minimum absolute atomic E-state index is 0.0312. The highest BCUT2D eigenvalue weighted by atomic mass is 32.2. The Morgan fingerprint density at radius 1 is 1.43 bits per heavy atom. The molecule has 1 aliphatic rings. The molecular weight excluding hydrogens is 315 g/mol. The van der Waals surface area contributed by atoms with Crippen molar-refractivity contribution in [1.29, 1.82) is 0 Å². The third kappa shape index (κ3) is 2.92. The molecular formula is C13H13FN2O3S2. The maximum atomic E-state index is 13.4. The Labute approximate surface area is 124 Å². The van der Waals surface area contributed by atoms with Gasteiger partial charge in [0.2, 0.25) is 0 Å². The SMILES string of the molecule is O=c1[nH]c(CNC2CCS(=O)(=O)c3ccc(F)cc32)cs1. The fourth-order valence-corrected chi connectivity index (χ4v) is 4.64. The molecule has 21 heavy (non-hydrogen) atoms. The van der Waals surface area contributed by atoms with E-state index in [0.29, 0.717) is 18.5 Å². The number of hydrogen-bond acceptors (Lipinski definition) is 5. The molecule has 1 aromatic carbocycles. The fourth-order valence-electron chi connectivity index (χ4n) is 2.46. The van der Waals surface area contributed by atoms with Crippen molar-refractivity contribution in [2.45, 2.75) is 23.9 Å². The van der Waals surface area contributed by atoms with Crippen molar-refractivity contribution in [1.82, 2.24) is 10.3 Å². The van der Waals surface area contributed by atoms with Gasteiger partial charge >= 0.3 is 4.87 Å². The number of halogens is 1. The zero-order chi connectivity index (χ0) is 15.0. The van der Waals surface area contributed by atoms with Gasteiger partial charge in [0.25, 0.3) is 0 Å². The summed E-state index contributed by atoms with van der Waals surface area (Å²) >= 11 is 1.07.